The van der Waals surface area contributed by atoms with Gasteiger partial charge in [0, 0.05) is 0 Å². The first kappa shape index (κ1) is 13.8. The molecule has 73 valence electrons. The zero-order valence-corrected chi connectivity index (χ0v) is 10.5. The van der Waals surface area contributed by atoms with Gasteiger partial charge in [-0.25, -0.2) is 0 Å². The van der Waals surface area contributed by atoms with Crippen LogP contribution < -0.4 is 3.32 Å². The van der Waals surface area contributed by atoms with Gasteiger partial charge >= 0.3 is 83.1 Å². The SMILES string of the molecule is Cl.Cl.[Ti][O]c1cccc2ccccc12. The Morgan fingerprint density at radius 2 is 1.50 bits per heavy atom. The first-order chi connectivity index (χ1) is 5.92. The average Bonchev–Trinajstić information content (AvgIpc) is 2.17. The van der Waals surface area contributed by atoms with Gasteiger partial charge < -0.3 is 0 Å². The summed E-state index contributed by atoms with van der Waals surface area (Å²) in [6, 6.07) is 14.2. The molecule has 0 fully saturated rings. The van der Waals surface area contributed by atoms with Gasteiger partial charge in [-0.3, -0.25) is 0 Å². The Kier molecular flexibility index (Phi) is 6.22. The van der Waals surface area contributed by atoms with Crippen LogP contribution in [-0.4, -0.2) is 0 Å². The molecule has 4 heteroatoms. The summed E-state index contributed by atoms with van der Waals surface area (Å²) in [4.78, 5) is 0. The van der Waals surface area contributed by atoms with Crippen molar-refractivity contribution in [3.05, 3.63) is 42.5 Å². The standard InChI is InChI=1S/C10H8O.2ClH.Ti/c11-10-7-3-5-8-4-1-2-6-9(8)10;;;/h1-7,11H;2*1H;/q;;;+1/p-1. The quantitative estimate of drug-likeness (QED) is 0.716. The van der Waals surface area contributed by atoms with Crippen LogP contribution in [0.15, 0.2) is 42.5 Å². The summed E-state index contributed by atoms with van der Waals surface area (Å²) in [7, 11) is 0. The summed E-state index contributed by atoms with van der Waals surface area (Å²) < 4.78 is 5.23. The molecule has 0 saturated carbocycles. The van der Waals surface area contributed by atoms with Crippen LogP contribution >= 0.6 is 24.8 Å². The third-order valence-corrected chi connectivity index (χ3v) is 2.20. The maximum absolute atomic E-state index is 5.23. The summed E-state index contributed by atoms with van der Waals surface area (Å²) in [5.41, 5.74) is 0. The zero-order chi connectivity index (χ0) is 8.39. The van der Waals surface area contributed by atoms with Gasteiger partial charge in [-0.2, -0.15) is 0 Å². The van der Waals surface area contributed by atoms with Crippen LogP contribution in [0.4, 0.5) is 0 Å². The Morgan fingerprint density at radius 1 is 0.857 bits per heavy atom. The van der Waals surface area contributed by atoms with E-state index in [2.05, 4.69) is 18.2 Å². The minimum atomic E-state index is 0. The molecule has 0 spiro atoms. The van der Waals surface area contributed by atoms with Crippen molar-refractivity contribution in [2.45, 2.75) is 0 Å². The number of hydrogen-bond donors (Lipinski definition) is 0. The fourth-order valence-corrected chi connectivity index (χ4v) is 1.56. The molecule has 14 heavy (non-hydrogen) atoms. The molecule has 0 aliphatic rings. The number of hydrogen-bond acceptors (Lipinski definition) is 1. The van der Waals surface area contributed by atoms with Crippen molar-refractivity contribution < 1.29 is 24.1 Å². The number of halogens is 2. The molecule has 0 saturated heterocycles. The van der Waals surface area contributed by atoms with Crippen LogP contribution in [0.25, 0.3) is 10.8 Å². The Labute approximate surface area is 108 Å². The molecule has 2 rings (SSSR count). The molecule has 2 aromatic carbocycles. The topological polar surface area (TPSA) is 9.23 Å². The average molecular weight is 264 g/mol. The van der Waals surface area contributed by atoms with Gasteiger partial charge in [0.25, 0.3) is 0 Å². The van der Waals surface area contributed by atoms with Crippen LogP contribution in [0.5, 0.6) is 5.75 Å². The van der Waals surface area contributed by atoms with Crippen LogP contribution in [0.1, 0.15) is 0 Å². The van der Waals surface area contributed by atoms with E-state index in [1.165, 1.54) is 10.8 Å². The van der Waals surface area contributed by atoms with E-state index in [0.29, 0.717) is 0 Å². The normalized spacial score (nSPS) is 8.50. The molecule has 0 aromatic heterocycles. The van der Waals surface area contributed by atoms with Gasteiger partial charge in [-0.05, 0) is 0 Å². The Morgan fingerprint density at radius 3 is 2.21 bits per heavy atom. The van der Waals surface area contributed by atoms with Crippen molar-refractivity contribution >= 4 is 35.6 Å². The van der Waals surface area contributed by atoms with Crippen molar-refractivity contribution in [1.82, 2.24) is 0 Å². The maximum atomic E-state index is 5.23. The summed E-state index contributed by atoms with van der Waals surface area (Å²) in [5.74, 6) is 0.938. The van der Waals surface area contributed by atoms with Gasteiger partial charge in [0.2, 0.25) is 0 Å². The van der Waals surface area contributed by atoms with Crippen LogP contribution in [0, 0.1) is 0 Å². The second-order valence-electron chi connectivity index (χ2n) is 2.58. The second-order valence-corrected chi connectivity index (χ2v) is 2.90. The van der Waals surface area contributed by atoms with Crippen LogP contribution in [0.2, 0.25) is 0 Å². The van der Waals surface area contributed by atoms with Gasteiger partial charge in [0.1, 0.15) is 0 Å². The Balaban J connectivity index is 0.000000845. The molecular formula is C10H9Cl2OTi. The van der Waals surface area contributed by atoms with Crippen LogP contribution in [0.3, 0.4) is 0 Å². The third-order valence-electron chi connectivity index (χ3n) is 1.86. The Hall–Kier alpha value is -0.206. The van der Waals surface area contributed by atoms with E-state index < -0.39 is 0 Å². The molecule has 0 aliphatic carbocycles. The molecule has 0 bridgehead atoms. The molecule has 0 atom stereocenters. The van der Waals surface area contributed by atoms with Crippen molar-refractivity contribution in [1.29, 1.82) is 0 Å². The molecule has 0 unspecified atom stereocenters. The molecule has 0 radical (unpaired) electrons. The summed E-state index contributed by atoms with van der Waals surface area (Å²) in [5, 5.41) is 2.39. The predicted octanol–water partition coefficient (Wildman–Crippen LogP) is 3.52. The first-order valence-corrected chi connectivity index (χ1v) is 4.37. The molecule has 0 heterocycles. The van der Waals surface area contributed by atoms with Gasteiger partial charge in [0.15, 0.2) is 0 Å². The summed E-state index contributed by atoms with van der Waals surface area (Å²) in [6.45, 7) is 0. The monoisotopic (exact) mass is 263 g/mol. The van der Waals surface area contributed by atoms with Gasteiger partial charge in [-0.15, -0.1) is 24.8 Å². The van der Waals surface area contributed by atoms with Crippen molar-refractivity contribution in [3.63, 3.8) is 0 Å². The molecule has 0 amide bonds. The fraction of sp³-hybridized carbons (Fsp3) is 0. The van der Waals surface area contributed by atoms with Crippen molar-refractivity contribution in [2.75, 3.05) is 0 Å². The second kappa shape index (κ2) is 6.31. The van der Waals surface area contributed by atoms with E-state index in [4.69, 9.17) is 3.32 Å². The van der Waals surface area contributed by atoms with Gasteiger partial charge in [0.05, 0.1) is 0 Å². The van der Waals surface area contributed by atoms with E-state index in [1.54, 1.807) is 20.8 Å². The van der Waals surface area contributed by atoms with E-state index in [0.717, 1.165) is 5.75 Å². The molecule has 0 N–H and O–H groups in total. The van der Waals surface area contributed by atoms with E-state index in [-0.39, 0.29) is 24.8 Å². The van der Waals surface area contributed by atoms with Gasteiger partial charge in [-0.1, -0.05) is 0 Å². The minimum absolute atomic E-state index is 0. The van der Waals surface area contributed by atoms with Crippen LogP contribution in [-0.2, 0) is 20.8 Å². The van der Waals surface area contributed by atoms with E-state index in [1.807, 2.05) is 24.3 Å². The Bertz CT molecular complexity index is 401. The number of fused-ring (bicyclic) bond motifs is 1. The number of rotatable bonds is 1. The molecule has 2 aromatic rings. The zero-order valence-electron chi connectivity index (χ0n) is 7.27. The van der Waals surface area contributed by atoms with Crippen molar-refractivity contribution in [2.24, 2.45) is 0 Å². The number of benzene rings is 2. The molecule has 0 aliphatic heterocycles. The van der Waals surface area contributed by atoms with Crippen molar-refractivity contribution in [3.8, 4) is 5.75 Å². The van der Waals surface area contributed by atoms with E-state index >= 15 is 0 Å². The summed E-state index contributed by atoms with van der Waals surface area (Å²) >= 11 is 1.70. The molecular weight excluding hydrogens is 255 g/mol. The predicted molar refractivity (Wildman–Crippen MR) is 59.1 cm³/mol. The molecule has 1 nitrogen and oxygen atoms in total. The third kappa shape index (κ3) is 2.64. The summed E-state index contributed by atoms with van der Waals surface area (Å²) in [6.07, 6.45) is 0. The first-order valence-electron chi connectivity index (χ1n) is 3.73. The van der Waals surface area contributed by atoms with E-state index in [9.17, 15) is 0 Å². The fourth-order valence-electron chi connectivity index (χ4n) is 1.28.